The molecular weight excluding hydrogens is 412 g/mol. The van der Waals surface area contributed by atoms with Gasteiger partial charge >= 0.3 is 18.2 Å². The number of nitrogens with one attached hydrogen (secondary N) is 2. The standard InChI is InChI=1S/C24H36N2O6/c1-23(2)13-19(14-24(3,16-23)17-26-21(28)30-4)12-20(27)31-10-11-32-22(29)25-15-18-8-6-5-7-9-18/h5-9,19H,10-17H2,1-4H3,(H,25,29)(H,26,28). The van der Waals surface area contributed by atoms with Gasteiger partial charge in [-0.05, 0) is 41.6 Å². The summed E-state index contributed by atoms with van der Waals surface area (Å²) in [5.41, 5.74) is 0.899. The van der Waals surface area contributed by atoms with Crippen LogP contribution in [0.1, 0.15) is 52.0 Å². The number of methoxy groups -OCH3 is 1. The van der Waals surface area contributed by atoms with Crippen molar-refractivity contribution >= 4 is 18.2 Å². The van der Waals surface area contributed by atoms with Gasteiger partial charge in [-0.3, -0.25) is 4.79 Å². The summed E-state index contributed by atoms with van der Waals surface area (Å²) in [5.74, 6) is -0.143. The highest BCUT2D eigenvalue weighted by Gasteiger charge is 2.42. The summed E-state index contributed by atoms with van der Waals surface area (Å²) in [6, 6.07) is 9.52. The molecule has 0 bridgehead atoms. The van der Waals surface area contributed by atoms with Gasteiger partial charge in [0.05, 0.1) is 7.11 Å². The Bertz CT molecular complexity index is 767. The number of hydrogen-bond donors (Lipinski definition) is 2. The molecule has 2 atom stereocenters. The Morgan fingerprint density at radius 1 is 0.969 bits per heavy atom. The van der Waals surface area contributed by atoms with Gasteiger partial charge in [-0.2, -0.15) is 0 Å². The van der Waals surface area contributed by atoms with Crippen molar-refractivity contribution in [2.24, 2.45) is 16.7 Å². The summed E-state index contributed by atoms with van der Waals surface area (Å²) in [7, 11) is 1.35. The first-order chi connectivity index (χ1) is 15.1. The summed E-state index contributed by atoms with van der Waals surface area (Å²) in [5, 5.41) is 5.45. The molecule has 0 spiro atoms. The van der Waals surface area contributed by atoms with Crippen molar-refractivity contribution in [1.29, 1.82) is 0 Å². The molecule has 178 valence electrons. The summed E-state index contributed by atoms with van der Waals surface area (Å²) in [6.45, 7) is 7.40. The van der Waals surface area contributed by atoms with Gasteiger partial charge in [-0.1, -0.05) is 51.1 Å². The minimum Gasteiger partial charge on any atom is -0.462 e. The van der Waals surface area contributed by atoms with Gasteiger partial charge in [0.1, 0.15) is 13.2 Å². The molecule has 2 unspecified atom stereocenters. The van der Waals surface area contributed by atoms with Crippen molar-refractivity contribution in [3.8, 4) is 0 Å². The van der Waals surface area contributed by atoms with E-state index in [1.165, 1.54) is 7.11 Å². The average molecular weight is 449 g/mol. The molecular formula is C24H36N2O6. The van der Waals surface area contributed by atoms with Crippen LogP contribution in [0.25, 0.3) is 0 Å². The lowest BCUT2D eigenvalue weighted by molar-refractivity contribution is -0.146. The zero-order chi connectivity index (χ0) is 23.6. The van der Waals surface area contributed by atoms with Crippen LogP contribution in [0.4, 0.5) is 9.59 Å². The molecule has 1 aromatic rings. The molecule has 32 heavy (non-hydrogen) atoms. The topological polar surface area (TPSA) is 103 Å². The minimum atomic E-state index is -0.548. The number of alkyl carbamates (subject to hydrolysis) is 2. The van der Waals surface area contributed by atoms with E-state index in [9.17, 15) is 14.4 Å². The lowest BCUT2D eigenvalue weighted by Gasteiger charge is -2.46. The highest BCUT2D eigenvalue weighted by Crippen LogP contribution is 2.49. The molecule has 8 nitrogen and oxygen atoms in total. The van der Waals surface area contributed by atoms with Crippen LogP contribution in [-0.4, -0.2) is 45.0 Å². The summed E-state index contributed by atoms with van der Waals surface area (Å²) < 4.78 is 15.0. The molecule has 8 heteroatoms. The maximum Gasteiger partial charge on any atom is 0.407 e. The molecule has 0 aromatic heterocycles. The van der Waals surface area contributed by atoms with Crippen molar-refractivity contribution in [3.63, 3.8) is 0 Å². The molecule has 2 amide bonds. The van der Waals surface area contributed by atoms with E-state index < -0.39 is 12.2 Å². The fourth-order valence-electron chi connectivity index (χ4n) is 4.89. The Morgan fingerprint density at radius 2 is 1.66 bits per heavy atom. The molecule has 2 N–H and O–H groups in total. The van der Waals surface area contributed by atoms with Gasteiger partial charge in [0.15, 0.2) is 0 Å². The van der Waals surface area contributed by atoms with E-state index in [0.717, 1.165) is 24.8 Å². The van der Waals surface area contributed by atoms with Crippen LogP contribution in [0.5, 0.6) is 0 Å². The van der Waals surface area contributed by atoms with E-state index in [1.54, 1.807) is 0 Å². The van der Waals surface area contributed by atoms with Crippen LogP contribution in [-0.2, 0) is 25.5 Å². The van der Waals surface area contributed by atoms with Crippen LogP contribution in [0.15, 0.2) is 30.3 Å². The number of benzene rings is 1. The highest BCUT2D eigenvalue weighted by atomic mass is 16.6. The first kappa shape index (κ1) is 25.5. The van der Waals surface area contributed by atoms with Gasteiger partial charge in [-0.15, -0.1) is 0 Å². The monoisotopic (exact) mass is 448 g/mol. The third-order valence-corrected chi connectivity index (χ3v) is 5.69. The van der Waals surface area contributed by atoms with Crippen molar-refractivity contribution < 1.29 is 28.6 Å². The second-order valence-electron chi connectivity index (χ2n) is 9.67. The third-order valence-electron chi connectivity index (χ3n) is 5.69. The summed E-state index contributed by atoms with van der Waals surface area (Å²) in [4.78, 5) is 35.6. The normalized spacial score (nSPS) is 21.8. The smallest absolute Gasteiger partial charge is 0.407 e. The maximum absolute atomic E-state index is 12.3. The Balaban J connectivity index is 1.69. The number of carbonyl (C=O) groups excluding carboxylic acids is 3. The molecule has 1 aliphatic carbocycles. The van der Waals surface area contributed by atoms with Crippen LogP contribution >= 0.6 is 0 Å². The molecule has 0 aliphatic heterocycles. The molecule has 0 radical (unpaired) electrons. The Morgan fingerprint density at radius 3 is 2.34 bits per heavy atom. The van der Waals surface area contributed by atoms with Crippen molar-refractivity contribution in [2.75, 3.05) is 26.9 Å². The van der Waals surface area contributed by atoms with Crippen molar-refractivity contribution in [1.82, 2.24) is 10.6 Å². The molecule has 1 aromatic carbocycles. The number of rotatable bonds is 9. The highest BCUT2D eigenvalue weighted by molar-refractivity contribution is 5.70. The molecule has 2 rings (SSSR count). The number of hydrogen-bond acceptors (Lipinski definition) is 6. The second kappa shape index (κ2) is 11.7. The molecule has 1 fully saturated rings. The predicted octanol–water partition coefficient (Wildman–Crippen LogP) is 4.03. The molecule has 1 saturated carbocycles. The average Bonchev–Trinajstić information content (AvgIpc) is 2.73. The van der Waals surface area contributed by atoms with Crippen molar-refractivity contribution in [2.45, 2.75) is 53.0 Å². The summed E-state index contributed by atoms with van der Waals surface area (Å²) in [6.07, 6.45) is 1.98. The van der Waals surface area contributed by atoms with E-state index in [-0.39, 0.29) is 35.9 Å². The van der Waals surface area contributed by atoms with Gasteiger partial charge in [0.2, 0.25) is 0 Å². The number of esters is 1. The van der Waals surface area contributed by atoms with Crippen LogP contribution < -0.4 is 10.6 Å². The fraction of sp³-hybridized carbons (Fsp3) is 0.625. The fourth-order valence-corrected chi connectivity index (χ4v) is 4.89. The molecule has 0 heterocycles. The van der Waals surface area contributed by atoms with Crippen LogP contribution in [0.2, 0.25) is 0 Å². The second-order valence-corrected chi connectivity index (χ2v) is 9.67. The third kappa shape index (κ3) is 9.16. The molecule has 0 saturated heterocycles. The number of amides is 2. The van der Waals surface area contributed by atoms with Gasteiger partial charge in [0.25, 0.3) is 0 Å². The van der Waals surface area contributed by atoms with Crippen LogP contribution in [0, 0.1) is 16.7 Å². The van der Waals surface area contributed by atoms with E-state index in [4.69, 9.17) is 9.47 Å². The maximum atomic E-state index is 12.3. The quantitative estimate of drug-likeness (QED) is 0.336. The Kier molecular flexibility index (Phi) is 9.35. The van der Waals surface area contributed by atoms with Gasteiger partial charge in [-0.25, -0.2) is 9.59 Å². The van der Waals surface area contributed by atoms with Crippen LogP contribution in [0.3, 0.4) is 0 Å². The van der Waals surface area contributed by atoms with E-state index >= 15 is 0 Å². The zero-order valence-corrected chi connectivity index (χ0v) is 19.6. The predicted molar refractivity (Wildman–Crippen MR) is 120 cm³/mol. The van der Waals surface area contributed by atoms with E-state index in [1.807, 2.05) is 30.3 Å². The van der Waals surface area contributed by atoms with Gasteiger partial charge < -0.3 is 24.8 Å². The Hall–Kier alpha value is -2.77. The van der Waals surface area contributed by atoms with E-state index in [0.29, 0.717) is 19.5 Å². The SMILES string of the molecule is COC(=O)NCC1(C)CC(CC(=O)OCCOC(=O)NCc2ccccc2)CC(C)(C)C1. The Labute approximate surface area is 190 Å². The molecule has 1 aliphatic rings. The minimum absolute atomic E-state index is 0.00326. The largest absolute Gasteiger partial charge is 0.462 e. The lowest BCUT2D eigenvalue weighted by Crippen LogP contribution is -2.44. The lowest BCUT2D eigenvalue weighted by atomic mass is 9.60. The van der Waals surface area contributed by atoms with Gasteiger partial charge in [0, 0.05) is 19.5 Å². The first-order valence-corrected chi connectivity index (χ1v) is 11.0. The van der Waals surface area contributed by atoms with Crippen molar-refractivity contribution in [3.05, 3.63) is 35.9 Å². The summed E-state index contributed by atoms with van der Waals surface area (Å²) >= 11 is 0. The van der Waals surface area contributed by atoms with E-state index in [2.05, 4.69) is 36.1 Å². The number of ether oxygens (including phenoxy) is 3. The number of carbonyl (C=O) groups is 3. The zero-order valence-electron chi connectivity index (χ0n) is 19.6. The first-order valence-electron chi connectivity index (χ1n) is 11.0.